The second-order valence-corrected chi connectivity index (χ2v) is 9.38. The van der Waals surface area contributed by atoms with Crippen molar-refractivity contribution in [2.45, 2.75) is 52.2 Å². The quantitative estimate of drug-likeness (QED) is 0.237. The minimum Gasteiger partial charge on any atom is -0.486 e. The van der Waals surface area contributed by atoms with E-state index in [9.17, 15) is 14.3 Å². The number of carbonyl (C=O) groups is 1. The Morgan fingerprint density at radius 1 is 1.13 bits per heavy atom. The molecule has 0 fully saturated rings. The minimum absolute atomic E-state index is 0.00641. The van der Waals surface area contributed by atoms with Crippen molar-refractivity contribution in [3.63, 3.8) is 0 Å². The summed E-state index contributed by atoms with van der Waals surface area (Å²) in [5.41, 5.74) is 1.57. The van der Waals surface area contributed by atoms with Gasteiger partial charge in [-0.05, 0) is 35.7 Å². The lowest BCUT2D eigenvalue weighted by atomic mass is 9.94. The summed E-state index contributed by atoms with van der Waals surface area (Å²) in [6.45, 7) is 3.54. The molecule has 38 heavy (non-hydrogen) atoms. The minimum atomic E-state index is -1.11. The molecule has 10 heteroatoms. The number of aliphatic hydroxyl groups is 2. The maximum atomic E-state index is 14.8. The molecular formula is C28H33ClFN3O5. The number of aliphatic hydroxyl groups excluding tert-OH is 2. The van der Waals surface area contributed by atoms with Gasteiger partial charge in [-0.25, -0.2) is 14.4 Å². The smallest absolute Gasteiger partial charge is 0.222 e. The van der Waals surface area contributed by atoms with E-state index in [0.29, 0.717) is 22.7 Å². The van der Waals surface area contributed by atoms with E-state index in [-0.39, 0.29) is 48.8 Å². The van der Waals surface area contributed by atoms with Gasteiger partial charge in [0.15, 0.2) is 11.6 Å². The molecule has 3 rings (SSSR count). The number of anilines is 2. The van der Waals surface area contributed by atoms with Gasteiger partial charge in [-0.15, -0.1) is 0 Å². The molecular weight excluding hydrogens is 513 g/mol. The number of hydrogen-bond donors (Lipinski definition) is 3. The Balaban J connectivity index is 1.79. The Hall–Kier alpha value is -3.27. The van der Waals surface area contributed by atoms with Gasteiger partial charge >= 0.3 is 0 Å². The fraction of sp³-hybridized carbons (Fsp3) is 0.393. The van der Waals surface area contributed by atoms with Crippen molar-refractivity contribution in [3.05, 3.63) is 70.8 Å². The second-order valence-electron chi connectivity index (χ2n) is 8.94. The molecule has 0 saturated heterocycles. The molecule has 0 aliphatic heterocycles. The van der Waals surface area contributed by atoms with Gasteiger partial charge in [0, 0.05) is 29.6 Å². The number of carbonyl (C=O) groups excluding carboxylic acids is 1. The molecule has 3 N–H and O–H groups in total. The molecule has 0 spiro atoms. The highest BCUT2D eigenvalue weighted by Gasteiger charge is 2.20. The van der Waals surface area contributed by atoms with E-state index in [0.717, 1.165) is 18.4 Å². The molecule has 1 aromatic heterocycles. The van der Waals surface area contributed by atoms with Gasteiger partial charge in [0.1, 0.15) is 37.2 Å². The topological polar surface area (TPSA) is 114 Å². The fourth-order valence-corrected chi connectivity index (χ4v) is 4.02. The van der Waals surface area contributed by atoms with E-state index in [1.54, 1.807) is 24.3 Å². The molecule has 0 saturated carbocycles. The van der Waals surface area contributed by atoms with Crippen molar-refractivity contribution in [1.29, 1.82) is 0 Å². The lowest BCUT2D eigenvalue weighted by Gasteiger charge is -2.17. The molecule has 3 aromatic rings. The van der Waals surface area contributed by atoms with Crippen LogP contribution in [0.3, 0.4) is 0 Å². The summed E-state index contributed by atoms with van der Waals surface area (Å²) >= 11 is 5.99. The van der Waals surface area contributed by atoms with E-state index >= 15 is 0 Å². The fourth-order valence-electron chi connectivity index (χ4n) is 3.80. The van der Waals surface area contributed by atoms with Crippen LogP contribution in [0.1, 0.15) is 44.2 Å². The molecule has 0 bridgehead atoms. The van der Waals surface area contributed by atoms with Crippen LogP contribution in [-0.4, -0.2) is 45.3 Å². The molecule has 8 nitrogen and oxygen atoms in total. The van der Waals surface area contributed by atoms with E-state index < -0.39 is 18.5 Å². The number of hydrogen-bond acceptors (Lipinski definition) is 8. The third kappa shape index (κ3) is 8.65. The molecule has 0 amide bonds. The van der Waals surface area contributed by atoms with Gasteiger partial charge in [0.05, 0.1) is 12.2 Å². The van der Waals surface area contributed by atoms with Crippen molar-refractivity contribution in [2.24, 2.45) is 5.92 Å². The predicted molar refractivity (Wildman–Crippen MR) is 143 cm³/mol. The molecule has 204 valence electrons. The normalized spacial score (nSPS) is 11.9. The Labute approximate surface area is 226 Å². The zero-order valence-corrected chi connectivity index (χ0v) is 22.2. The summed E-state index contributed by atoms with van der Waals surface area (Å²) in [5.74, 6) is 0.117. The van der Waals surface area contributed by atoms with Crippen molar-refractivity contribution >= 4 is 28.9 Å². The van der Waals surface area contributed by atoms with Crippen LogP contribution in [0.25, 0.3) is 0 Å². The number of benzene rings is 2. The molecule has 1 atom stereocenters. The van der Waals surface area contributed by atoms with Crippen LogP contribution in [0.5, 0.6) is 11.6 Å². The van der Waals surface area contributed by atoms with Gasteiger partial charge in [-0.2, -0.15) is 0 Å². The van der Waals surface area contributed by atoms with Crippen LogP contribution in [0.2, 0.25) is 5.02 Å². The van der Waals surface area contributed by atoms with Crippen LogP contribution in [0.15, 0.2) is 48.8 Å². The van der Waals surface area contributed by atoms with Crippen molar-refractivity contribution in [3.8, 4) is 11.6 Å². The Morgan fingerprint density at radius 3 is 2.61 bits per heavy atom. The summed E-state index contributed by atoms with van der Waals surface area (Å²) < 4.78 is 26.0. The van der Waals surface area contributed by atoms with Crippen molar-refractivity contribution < 1.29 is 28.9 Å². The van der Waals surface area contributed by atoms with Crippen LogP contribution in [0, 0.1) is 11.7 Å². The number of nitrogens with zero attached hydrogens (tertiary/aromatic N) is 2. The zero-order valence-electron chi connectivity index (χ0n) is 21.5. The SMILES string of the molecule is CCC(CC)CC(=O)Cc1c(Nc2ccc(OCc3cccc(Cl)c3)c(F)c2)ncnc1OC[C@@H](O)CO. The maximum absolute atomic E-state index is 14.8. The number of ketones is 1. The van der Waals surface area contributed by atoms with Gasteiger partial charge in [-0.1, -0.05) is 50.4 Å². The van der Waals surface area contributed by atoms with Crippen molar-refractivity contribution in [2.75, 3.05) is 18.5 Å². The Bertz CT molecular complexity index is 1210. The summed E-state index contributed by atoms with van der Waals surface area (Å²) in [5, 5.41) is 22.4. The first kappa shape index (κ1) is 29.3. The number of nitrogens with one attached hydrogen (secondary N) is 1. The highest BCUT2D eigenvalue weighted by Crippen LogP contribution is 2.29. The summed E-state index contributed by atoms with van der Waals surface area (Å²) in [4.78, 5) is 21.3. The third-order valence-electron chi connectivity index (χ3n) is 6.05. The van der Waals surface area contributed by atoms with Crippen LogP contribution >= 0.6 is 11.6 Å². The number of ether oxygens (including phenoxy) is 2. The average molecular weight is 546 g/mol. The summed E-state index contributed by atoms with van der Waals surface area (Å²) in [7, 11) is 0. The van der Waals surface area contributed by atoms with Crippen molar-refractivity contribution in [1.82, 2.24) is 9.97 Å². The first-order valence-electron chi connectivity index (χ1n) is 12.5. The van der Waals surface area contributed by atoms with Gasteiger partial charge in [0.25, 0.3) is 0 Å². The van der Waals surface area contributed by atoms with E-state index in [1.165, 1.54) is 18.5 Å². The number of rotatable bonds is 15. The number of aromatic nitrogens is 2. The highest BCUT2D eigenvalue weighted by molar-refractivity contribution is 6.30. The van der Waals surface area contributed by atoms with E-state index in [2.05, 4.69) is 15.3 Å². The zero-order chi connectivity index (χ0) is 27.5. The van der Waals surface area contributed by atoms with Crippen LogP contribution < -0.4 is 14.8 Å². The summed E-state index contributed by atoms with van der Waals surface area (Å²) in [6.07, 6.45) is 2.30. The molecule has 2 aromatic carbocycles. The van der Waals surface area contributed by atoms with Gasteiger partial charge in [0.2, 0.25) is 5.88 Å². The number of Topliss-reactive ketones (excluding diaryl/α,β-unsaturated/α-hetero) is 1. The standard InChI is InChI=1S/C28H33ClFN3O5/c1-3-18(4-2)11-22(35)13-24-27(31-17-32-28(24)38-16-23(36)14-34)33-21-8-9-26(25(30)12-21)37-15-19-6-5-7-20(29)10-19/h5-10,12,17-18,23,34,36H,3-4,11,13-16H2,1-2H3,(H,31,32,33)/t23-/m0/s1. The first-order valence-corrected chi connectivity index (χ1v) is 12.9. The molecule has 0 aliphatic rings. The lowest BCUT2D eigenvalue weighted by molar-refractivity contribution is -0.119. The van der Waals surface area contributed by atoms with Crippen LogP contribution in [-0.2, 0) is 17.8 Å². The lowest BCUT2D eigenvalue weighted by Crippen LogP contribution is -2.22. The monoisotopic (exact) mass is 545 g/mol. The highest BCUT2D eigenvalue weighted by atomic mass is 35.5. The summed E-state index contributed by atoms with van der Waals surface area (Å²) in [6, 6.07) is 11.5. The predicted octanol–water partition coefficient (Wildman–Crippen LogP) is 5.26. The van der Waals surface area contributed by atoms with Gasteiger partial charge < -0.3 is 25.0 Å². The maximum Gasteiger partial charge on any atom is 0.222 e. The first-order chi connectivity index (χ1) is 18.3. The molecule has 0 radical (unpaired) electrons. The Kier molecular flexibility index (Phi) is 11.3. The average Bonchev–Trinajstić information content (AvgIpc) is 2.91. The third-order valence-corrected chi connectivity index (χ3v) is 6.29. The molecule has 1 heterocycles. The van der Waals surface area contributed by atoms with Crippen LogP contribution in [0.4, 0.5) is 15.9 Å². The Morgan fingerprint density at radius 2 is 1.92 bits per heavy atom. The number of halogens is 2. The molecule has 0 aliphatic carbocycles. The van der Waals surface area contributed by atoms with Gasteiger partial charge in [-0.3, -0.25) is 4.79 Å². The molecule has 0 unspecified atom stereocenters. The largest absolute Gasteiger partial charge is 0.486 e. The van der Waals surface area contributed by atoms with E-state index in [4.69, 9.17) is 26.2 Å². The second kappa shape index (κ2) is 14.6. The van der Waals surface area contributed by atoms with E-state index in [1.807, 2.05) is 19.9 Å².